The van der Waals surface area contributed by atoms with Crippen molar-refractivity contribution in [3.8, 4) is 0 Å². The number of benzene rings is 1. The van der Waals surface area contributed by atoms with Crippen molar-refractivity contribution >= 4 is 21.6 Å². The first-order valence-corrected chi connectivity index (χ1v) is 7.95. The monoisotopic (exact) mass is 306 g/mol. The molecule has 0 spiro atoms. The van der Waals surface area contributed by atoms with Crippen molar-refractivity contribution in [2.75, 3.05) is 33.2 Å². The summed E-state index contributed by atoms with van der Waals surface area (Å²) in [4.78, 5) is 1.76. The maximum absolute atomic E-state index is 13.8. The molecule has 1 saturated heterocycles. The van der Waals surface area contributed by atoms with Gasteiger partial charge in [0.15, 0.2) is 0 Å². The highest BCUT2D eigenvalue weighted by Gasteiger charge is 2.29. The minimum Gasteiger partial charge on any atom is -0.304 e. The number of halogens is 2. The summed E-state index contributed by atoms with van der Waals surface area (Å²) < 4.78 is 39.9. The number of rotatable bonds is 3. The molecule has 1 fully saturated rings. The third kappa shape index (κ3) is 3.08. The number of alkyl halides is 1. The quantitative estimate of drug-likeness (QED) is 0.795. The summed E-state index contributed by atoms with van der Waals surface area (Å²) in [6.45, 7) is 2.05. The third-order valence-electron chi connectivity index (χ3n) is 3.23. The van der Waals surface area contributed by atoms with E-state index in [2.05, 4.69) is 0 Å². The van der Waals surface area contributed by atoms with Gasteiger partial charge in [0.05, 0.1) is 0 Å². The fourth-order valence-corrected chi connectivity index (χ4v) is 3.70. The standard InChI is InChI=1S/C12H16ClFN2O2S/c1-15-4-6-16(7-5-15)19(17,18)12-8-10(9-13)2-3-11(12)14/h2-3,8H,4-7,9H2,1H3. The van der Waals surface area contributed by atoms with Gasteiger partial charge < -0.3 is 4.90 Å². The molecule has 106 valence electrons. The molecule has 1 aliphatic heterocycles. The minimum absolute atomic E-state index is 0.158. The zero-order valence-electron chi connectivity index (χ0n) is 10.6. The Morgan fingerprint density at radius 3 is 2.47 bits per heavy atom. The largest absolute Gasteiger partial charge is 0.304 e. The Labute approximate surface area is 117 Å². The molecular weight excluding hydrogens is 291 g/mol. The Morgan fingerprint density at radius 2 is 1.89 bits per heavy atom. The van der Waals surface area contributed by atoms with E-state index in [1.165, 1.54) is 16.4 Å². The van der Waals surface area contributed by atoms with Crippen LogP contribution in [0.1, 0.15) is 5.56 Å². The molecule has 0 aliphatic carbocycles. The van der Waals surface area contributed by atoms with E-state index in [-0.39, 0.29) is 10.8 Å². The topological polar surface area (TPSA) is 40.6 Å². The Hall–Kier alpha value is -0.690. The fraction of sp³-hybridized carbons (Fsp3) is 0.500. The number of hydrogen-bond donors (Lipinski definition) is 0. The van der Waals surface area contributed by atoms with Crippen LogP contribution in [-0.2, 0) is 15.9 Å². The number of nitrogens with zero attached hydrogens (tertiary/aromatic N) is 2. The fourth-order valence-electron chi connectivity index (χ4n) is 2.00. The second-order valence-electron chi connectivity index (χ2n) is 4.61. The van der Waals surface area contributed by atoms with Crippen LogP contribution in [0.2, 0.25) is 0 Å². The summed E-state index contributed by atoms with van der Waals surface area (Å²) in [7, 11) is -1.85. The lowest BCUT2D eigenvalue weighted by Gasteiger charge is -2.31. The predicted octanol–water partition coefficient (Wildman–Crippen LogP) is 1.50. The maximum Gasteiger partial charge on any atom is 0.246 e. The van der Waals surface area contributed by atoms with E-state index in [4.69, 9.17) is 11.6 Å². The smallest absolute Gasteiger partial charge is 0.246 e. The van der Waals surface area contributed by atoms with Crippen molar-refractivity contribution in [2.24, 2.45) is 0 Å². The molecule has 1 aliphatic rings. The van der Waals surface area contributed by atoms with Gasteiger partial charge in [0.2, 0.25) is 10.0 Å². The zero-order chi connectivity index (χ0) is 14.0. The lowest BCUT2D eigenvalue weighted by Crippen LogP contribution is -2.47. The van der Waals surface area contributed by atoms with Gasteiger partial charge in [-0.25, -0.2) is 12.8 Å². The second kappa shape index (κ2) is 5.75. The van der Waals surface area contributed by atoms with Crippen LogP contribution in [0.15, 0.2) is 23.1 Å². The van der Waals surface area contributed by atoms with Crippen LogP contribution in [0.5, 0.6) is 0 Å². The maximum atomic E-state index is 13.8. The SMILES string of the molecule is CN1CCN(S(=O)(=O)c2cc(CCl)ccc2F)CC1. The Balaban J connectivity index is 2.34. The number of hydrogen-bond acceptors (Lipinski definition) is 3. The van der Waals surface area contributed by atoms with Gasteiger partial charge in [-0.15, -0.1) is 11.6 Å². The van der Waals surface area contributed by atoms with Crippen molar-refractivity contribution in [1.29, 1.82) is 0 Å². The number of sulfonamides is 1. The van der Waals surface area contributed by atoms with Gasteiger partial charge >= 0.3 is 0 Å². The average Bonchev–Trinajstić information content (AvgIpc) is 2.39. The molecule has 1 heterocycles. The molecule has 0 N–H and O–H groups in total. The lowest BCUT2D eigenvalue weighted by molar-refractivity contribution is 0.222. The summed E-state index contributed by atoms with van der Waals surface area (Å²) in [5, 5.41) is 0. The van der Waals surface area contributed by atoms with Gasteiger partial charge in [-0.1, -0.05) is 6.07 Å². The Kier molecular flexibility index (Phi) is 4.45. The van der Waals surface area contributed by atoms with Crippen LogP contribution in [0, 0.1) is 5.82 Å². The third-order valence-corrected chi connectivity index (χ3v) is 5.45. The van der Waals surface area contributed by atoms with Gasteiger partial charge in [0.25, 0.3) is 0 Å². The van der Waals surface area contributed by atoms with Crippen molar-refractivity contribution in [3.05, 3.63) is 29.6 Å². The molecule has 1 aromatic carbocycles. The molecular formula is C12H16ClFN2O2S. The predicted molar refractivity (Wildman–Crippen MR) is 72.2 cm³/mol. The molecule has 1 aromatic rings. The molecule has 4 nitrogen and oxygen atoms in total. The molecule has 0 saturated carbocycles. The first-order valence-electron chi connectivity index (χ1n) is 5.98. The summed E-state index contributed by atoms with van der Waals surface area (Å²) in [6.07, 6.45) is 0. The molecule has 0 amide bonds. The first-order chi connectivity index (χ1) is 8.95. The molecule has 0 bridgehead atoms. The van der Waals surface area contributed by atoms with Crippen molar-refractivity contribution in [3.63, 3.8) is 0 Å². The van der Waals surface area contributed by atoms with Crippen molar-refractivity contribution in [1.82, 2.24) is 9.21 Å². The molecule has 2 rings (SSSR count). The van der Waals surface area contributed by atoms with Gasteiger partial charge in [0.1, 0.15) is 10.7 Å². The molecule has 0 unspecified atom stereocenters. The summed E-state index contributed by atoms with van der Waals surface area (Å²) in [5.74, 6) is -0.571. The Bertz CT molecular complexity index is 557. The van der Waals surface area contributed by atoms with Gasteiger partial charge in [-0.3, -0.25) is 0 Å². The highest BCUT2D eigenvalue weighted by molar-refractivity contribution is 7.89. The van der Waals surface area contributed by atoms with E-state index in [0.29, 0.717) is 31.7 Å². The summed E-state index contributed by atoms with van der Waals surface area (Å²) in [6, 6.07) is 3.96. The van der Waals surface area contributed by atoms with Crippen molar-refractivity contribution in [2.45, 2.75) is 10.8 Å². The van der Waals surface area contributed by atoms with E-state index in [1.54, 1.807) is 0 Å². The van der Waals surface area contributed by atoms with Gasteiger partial charge in [-0.05, 0) is 24.7 Å². The van der Waals surface area contributed by atoms with E-state index in [9.17, 15) is 12.8 Å². The molecule has 7 heteroatoms. The Morgan fingerprint density at radius 1 is 1.26 bits per heavy atom. The number of likely N-dealkylation sites (N-methyl/N-ethyl adjacent to an activating group) is 1. The summed E-state index contributed by atoms with van der Waals surface area (Å²) >= 11 is 5.67. The number of piperazine rings is 1. The van der Waals surface area contributed by atoms with Crippen LogP contribution >= 0.6 is 11.6 Å². The highest BCUT2D eigenvalue weighted by Crippen LogP contribution is 2.22. The van der Waals surface area contributed by atoms with E-state index in [0.717, 1.165) is 6.07 Å². The average molecular weight is 307 g/mol. The van der Waals surface area contributed by atoms with E-state index in [1.807, 2.05) is 11.9 Å². The van der Waals surface area contributed by atoms with Crippen molar-refractivity contribution < 1.29 is 12.8 Å². The molecule has 0 radical (unpaired) electrons. The van der Waals surface area contributed by atoms with Crippen LogP contribution < -0.4 is 0 Å². The van der Waals surface area contributed by atoms with Crippen LogP contribution in [0.3, 0.4) is 0 Å². The van der Waals surface area contributed by atoms with E-state index >= 15 is 0 Å². The normalized spacial score (nSPS) is 18.7. The molecule has 0 aromatic heterocycles. The lowest BCUT2D eigenvalue weighted by atomic mass is 10.2. The first kappa shape index (κ1) is 14.7. The van der Waals surface area contributed by atoms with E-state index < -0.39 is 15.8 Å². The van der Waals surface area contributed by atoms with Crippen LogP contribution in [0.4, 0.5) is 4.39 Å². The molecule has 19 heavy (non-hydrogen) atoms. The second-order valence-corrected chi connectivity index (χ2v) is 6.78. The minimum atomic E-state index is -3.78. The summed E-state index contributed by atoms with van der Waals surface area (Å²) in [5.41, 5.74) is 0.593. The molecule has 0 atom stereocenters. The van der Waals surface area contributed by atoms with Crippen LogP contribution in [0.25, 0.3) is 0 Å². The van der Waals surface area contributed by atoms with Gasteiger partial charge in [-0.2, -0.15) is 4.31 Å². The van der Waals surface area contributed by atoms with Crippen LogP contribution in [-0.4, -0.2) is 50.8 Å². The highest BCUT2D eigenvalue weighted by atomic mass is 35.5. The van der Waals surface area contributed by atoms with Gasteiger partial charge in [0, 0.05) is 32.1 Å². The zero-order valence-corrected chi connectivity index (χ0v) is 12.2.